The van der Waals surface area contributed by atoms with Crippen LogP contribution in [-0.4, -0.2) is 66.4 Å². The van der Waals surface area contributed by atoms with Crippen molar-refractivity contribution in [2.45, 2.75) is 81.3 Å². The van der Waals surface area contributed by atoms with E-state index in [4.69, 9.17) is 28.4 Å². The van der Waals surface area contributed by atoms with Gasteiger partial charge < -0.3 is 28.4 Å². The standard InChI is InChI=1S/C26H30O8/c1-5-9-29-18(27)7-10-30-22-24(13(2)3)19(33-24)20-26(34-20)23(4)8-6-14-15(12-31-21(14)28)16(23)11-17-25(22,26)32-17/h5,7,10,13,16-17,19-20,22H,1,6,8-9,11-12H2,2-4H3/b10-7+/t16?,17-,19-,20-,22+,23-,24-,25+,26+/m0/s1. The molecule has 0 amide bonds. The Morgan fingerprint density at radius 1 is 1.26 bits per heavy atom. The van der Waals surface area contributed by atoms with Gasteiger partial charge in [0.15, 0.2) is 11.7 Å². The molecular formula is C26H30O8. The summed E-state index contributed by atoms with van der Waals surface area (Å²) in [4.78, 5) is 24.3. The average molecular weight is 471 g/mol. The van der Waals surface area contributed by atoms with Gasteiger partial charge in [-0.05, 0) is 36.7 Å². The molecule has 7 rings (SSSR count). The SMILES string of the molecule is C=CCOC(=O)/C=C/O[C@@H]1[C@@]2(C(C)C)O[C@H]2[C@@H]2O[C@]23[C@]12O[C@H]2CC1C2=C(CC[C@@]13C)C(=O)OC2. The van der Waals surface area contributed by atoms with E-state index in [1.807, 2.05) is 0 Å². The molecule has 0 aromatic rings. The van der Waals surface area contributed by atoms with Crippen molar-refractivity contribution < 1.29 is 38.0 Å². The molecule has 0 aromatic carbocycles. The number of carbonyl (C=O) groups excluding carboxylic acids is 2. The molecule has 7 aliphatic rings. The molecule has 5 fully saturated rings. The van der Waals surface area contributed by atoms with E-state index in [0.29, 0.717) is 13.0 Å². The van der Waals surface area contributed by atoms with Crippen molar-refractivity contribution in [3.8, 4) is 0 Å². The highest BCUT2D eigenvalue weighted by Crippen LogP contribution is 2.83. The number of hydrogen-bond donors (Lipinski definition) is 0. The summed E-state index contributed by atoms with van der Waals surface area (Å²) in [6, 6.07) is 0. The van der Waals surface area contributed by atoms with E-state index in [1.54, 1.807) is 0 Å². The second-order valence-corrected chi connectivity index (χ2v) is 11.2. The molecule has 8 nitrogen and oxygen atoms in total. The molecule has 0 N–H and O–H groups in total. The predicted molar refractivity (Wildman–Crippen MR) is 116 cm³/mol. The lowest BCUT2D eigenvalue weighted by atomic mass is 9.46. The van der Waals surface area contributed by atoms with Crippen LogP contribution in [0.2, 0.25) is 0 Å². The van der Waals surface area contributed by atoms with Gasteiger partial charge in [0.05, 0.1) is 18.4 Å². The van der Waals surface area contributed by atoms with Crippen LogP contribution in [0.1, 0.15) is 40.0 Å². The summed E-state index contributed by atoms with van der Waals surface area (Å²) in [7, 11) is 0. The van der Waals surface area contributed by atoms with Gasteiger partial charge in [0.1, 0.15) is 36.6 Å². The quantitative estimate of drug-likeness (QED) is 0.192. The largest absolute Gasteiger partial charge is 0.491 e. The number of fused-ring (bicyclic) bond motifs is 4. The lowest BCUT2D eigenvalue weighted by molar-refractivity contribution is -0.137. The van der Waals surface area contributed by atoms with Gasteiger partial charge in [-0.25, -0.2) is 9.59 Å². The predicted octanol–water partition coefficient (Wildman–Crippen LogP) is 2.37. The molecule has 3 aliphatic carbocycles. The smallest absolute Gasteiger partial charge is 0.334 e. The molecule has 34 heavy (non-hydrogen) atoms. The van der Waals surface area contributed by atoms with E-state index < -0.39 is 28.9 Å². The molecule has 1 unspecified atom stereocenters. The lowest BCUT2D eigenvalue weighted by Crippen LogP contribution is -2.69. The minimum absolute atomic E-state index is 0.0609. The van der Waals surface area contributed by atoms with Gasteiger partial charge in [-0.3, -0.25) is 0 Å². The Morgan fingerprint density at radius 2 is 2.09 bits per heavy atom. The number of hydrogen-bond acceptors (Lipinski definition) is 8. The molecule has 182 valence electrons. The maximum absolute atomic E-state index is 12.3. The van der Waals surface area contributed by atoms with Crippen molar-refractivity contribution in [2.75, 3.05) is 13.2 Å². The van der Waals surface area contributed by atoms with Crippen LogP contribution in [0, 0.1) is 17.3 Å². The lowest BCUT2D eigenvalue weighted by Gasteiger charge is -2.53. The summed E-state index contributed by atoms with van der Waals surface area (Å²) < 4.78 is 36.6. The number of cyclic esters (lactones) is 1. The Balaban J connectivity index is 1.26. The summed E-state index contributed by atoms with van der Waals surface area (Å²) in [5.74, 6) is -0.309. The molecular weight excluding hydrogens is 440 g/mol. The molecule has 9 atom stereocenters. The van der Waals surface area contributed by atoms with Gasteiger partial charge in [-0.2, -0.15) is 0 Å². The molecule has 0 aromatic heterocycles. The fourth-order valence-corrected chi connectivity index (χ4v) is 8.23. The Labute approximate surface area is 198 Å². The zero-order chi connectivity index (χ0) is 23.7. The molecule has 3 saturated heterocycles. The number of carbonyl (C=O) groups is 2. The van der Waals surface area contributed by atoms with E-state index in [9.17, 15) is 9.59 Å². The topological polar surface area (TPSA) is 99.4 Å². The fraction of sp³-hybridized carbons (Fsp3) is 0.692. The normalized spacial score (nSPS) is 50.8. The van der Waals surface area contributed by atoms with Gasteiger partial charge in [0.2, 0.25) is 0 Å². The molecule has 2 saturated carbocycles. The van der Waals surface area contributed by atoms with Crippen LogP contribution in [0.5, 0.6) is 0 Å². The van der Waals surface area contributed by atoms with Crippen molar-refractivity contribution in [3.63, 3.8) is 0 Å². The van der Waals surface area contributed by atoms with Crippen LogP contribution in [0.4, 0.5) is 0 Å². The first-order chi connectivity index (χ1) is 16.3. The minimum Gasteiger partial charge on any atom is -0.491 e. The van der Waals surface area contributed by atoms with Gasteiger partial charge in [0, 0.05) is 11.0 Å². The summed E-state index contributed by atoms with van der Waals surface area (Å²) in [6.07, 6.45) is 5.94. The van der Waals surface area contributed by atoms with Crippen LogP contribution in [0.3, 0.4) is 0 Å². The number of esters is 2. The molecule has 0 radical (unpaired) electrons. The molecule has 0 bridgehead atoms. The Hall–Kier alpha value is -2.16. The third kappa shape index (κ3) is 2.13. The zero-order valence-electron chi connectivity index (χ0n) is 19.7. The number of epoxide rings is 3. The van der Waals surface area contributed by atoms with E-state index in [-0.39, 0.29) is 48.1 Å². The molecule has 4 aliphatic heterocycles. The van der Waals surface area contributed by atoms with Crippen molar-refractivity contribution in [3.05, 3.63) is 36.1 Å². The monoisotopic (exact) mass is 470 g/mol. The van der Waals surface area contributed by atoms with Crippen molar-refractivity contribution in [1.29, 1.82) is 0 Å². The fourth-order valence-electron chi connectivity index (χ4n) is 8.23. The zero-order valence-corrected chi connectivity index (χ0v) is 19.7. The minimum atomic E-state index is -0.642. The van der Waals surface area contributed by atoms with Gasteiger partial charge >= 0.3 is 11.9 Å². The molecule has 4 heterocycles. The Bertz CT molecular complexity index is 1080. The Kier molecular flexibility index (Phi) is 3.94. The van der Waals surface area contributed by atoms with Crippen LogP contribution in [-0.2, 0) is 38.0 Å². The number of rotatable bonds is 6. The van der Waals surface area contributed by atoms with Crippen LogP contribution >= 0.6 is 0 Å². The van der Waals surface area contributed by atoms with Gasteiger partial charge in [0.25, 0.3) is 0 Å². The van der Waals surface area contributed by atoms with Crippen LogP contribution in [0.25, 0.3) is 0 Å². The average Bonchev–Trinajstić information content (AvgIpc) is 3.70. The third-order valence-corrected chi connectivity index (χ3v) is 9.83. The number of ether oxygens (including phenoxy) is 6. The highest BCUT2D eigenvalue weighted by molar-refractivity contribution is 5.92. The molecule has 8 heteroatoms. The van der Waals surface area contributed by atoms with E-state index >= 15 is 0 Å². The first-order valence-electron chi connectivity index (χ1n) is 12.3. The highest BCUT2D eigenvalue weighted by atomic mass is 16.8. The first-order valence-corrected chi connectivity index (χ1v) is 12.3. The van der Waals surface area contributed by atoms with Crippen LogP contribution in [0.15, 0.2) is 36.1 Å². The van der Waals surface area contributed by atoms with E-state index in [0.717, 1.165) is 24.0 Å². The summed E-state index contributed by atoms with van der Waals surface area (Å²) in [5.41, 5.74) is 0.0554. The van der Waals surface area contributed by atoms with Crippen molar-refractivity contribution >= 4 is 11.9 Å². The summed E-state index contributed by atoms with van der Waals surface area (Å²) in [6.45, 7) is 10.6. The van der Waals surface area contributed by atoms with Gasteiger partial charge in [-0.1, -0.05) is 33.4 Å². The Morgan fingerprint density at radius 3 is 2.85 bits per heavy atom. The van der Waals surface area contributed by atoms with E-state index in [2.05, 4.69) is 27.4 Å². The summed E-state index contributed by atoms with van der Waals surface area (Å²) >= 11 is 0. The highest BCUT2D eigenvalue weighted by Gasteiger charge is 3.01. The first kappa shape index (κ1) is 21.1. The summed E-state index contributed by atoms with van der Waals surface area (Å²) in [5, 5.41) is 0. The third-order valence-electron chi connectivity index (χ3n) is 9.83. The second-order valence-electron chi connectivity index (χ2n) is 11.2. The maximum Gasteiger partial charge on any atom is 0.334 e. The van der Waals surface area contributed by atoms with Crippen molar-refractivity contribution in [1.82, 2.24) is 0 Å². The van der Waals surface area contributed by atoms with Crippen LogP contribution < -0.4 is 0 Å². The van der Waals surface area contributed by atoms with E-state index in [1.165, 1.54) is 18.4 Å². The van der Waals surface area contributed by atoms with Crippen molar-refractivity contribution in [2.24, 2.45) is 17.3 Å². The van der Waals surface area contributed by atoms with Gasteiger partial charge in [-0.15, -0.1) is 0 Å². The maximum atomic E-state index is 12.3. The second kappa shape index (κ2) is 6.33. The molecule has 2 spiro atoms.